The van der Waals surface area contributed by atoms with E-state index < -0.39 is 0 Å². The number of thioether (sulfide) groups is 1. The molecule has 0 aromatic heterocycles. The van der Waals surface area contributed by atoms with Crippen LogP contribution in [0.15, 0.2) is 30.9 Å². The summed E-state index contributed by atoms with van der Waals surface area (Å²) in [5.74, 6) is 3.28. The van der Waals surface area contributed by atoms with Crippen LogP contribution in [0.1, 0.15) is 11.1 Å². The van der Waals surface area contributed by atoms with Crippen molar-refractivity contribution in [2.45, 2.75) is 12.8 Å². The average molecular weight is 263 g/mol. The summed E-state index contributed by atoms with van der Waals surface area (Å²) in [6, 6.07) is 6.58. The summed E-state index contributed by atoms with van der Waals surface area (Å²) in [4.78, 5) is 0. The second-order valence-corrected chi connectivity index (χ2v) is 5.55. The van der Waals surface area contributed by atoms with Crippen molar-refractivity contribution in [1.82, 2.24) is 5.32 Å². The van der Waals surface area contributed by atoms with E-state index in [0.29, 0.717) is 0 Å². The highest BCUT2D eigenvalue weighted by Crippen LogP contribution is 2.25. The Morgan fingerprint density at radius 2 is 2.33 bits per heavy atom. The molecule has 1 aromatic rings. The Balaban J connectivity index is 1.63. The fourth-order valence-electron chi connectivity index (χ4n) is 2.06. The van der Waals surface area contributed by atoms with Gasteiger partial charge in [-0.25, -0.2) is 0 Å². The van der Waals surface area contributed by atoms with E-state index in [4.69, 9.17) is 4.74 Å². The molecule has 1 N–H and O–H groups in total. The topological polar surface area (TPSA) is 21.3 Å². The quantitative estimate of drug-likeness (QED) is 0.575. The fourth-order valence-corrected chi connectivity index (χ4v) is 2.69. The number of hydrogen-bond donors (Lipinski definition) is 1. The average Bonchev–Trinajstić information content (AvgIpc) is 2.85. The van der Waals surface area contributed by atoms with Crippen molar-refractivity contribution in [3.63, 3.8) is 0 Å². The lowest BCUT2D eigenvalue weighted by molar-refractivity contribution is 0.357. The summed E-state index contributed by atoms with van der Waals surface area (Å²) in [7, 11) is 0. The Bertz CT molecular complexity index is 392. The van der Waals surface area contributed by atoms with E-state index in [1.54, 1.807) is 0 Å². The number of nitrogens with one attached hydrogen (secondary N) is 1. The lowest BCUT2D eigenvalue weighted by atomic mass is 10.1. The molecule has 1 aromatic carbocycles. The first-order valence-electron chi connectivity index (χ1n) is 6.54. The fraction of sp³-hybridized carbons (Fsp3) is 0.467. The Kier molecular flexibility index (Phi) is 5.62. The van der Waals surface area contributed by atoms with E-state index >= 15 is 0 Å². The third-order valence-corrected chi connectivity index (χ3v) is 3.97. The molecule has 18 heavy (non-hydrogen) atoms. The minimum absolute atomic E-state index is 0.845. The molecular weight excluding hydrogens is 242 g/mol. The van der Waals surface area contributed by atoms with Gasteiger partial charge in [0.05, 0.1) is 6.61 Å². The molecule has 0 unspecified atom stereocenters. The third-order valence-electron chi connectivity index (χ3n) is 3.00. The summed E-state index contributed by atoms with van der Waals surface area (Å²) >= 11 is 1.92. The van der Waals surface area contributed by atoms with Crippen LogP contribution in [0, 0.1) is 0 Å². The Morgan fingerprint density at radius 1 is 1.39 bits per heavy atom. The monoisotopic (exact) mass is 263 g/mol. The molecule has 1 aliphatic rings. The highest BCUT2D eigenvalue weighted by molar-refractivity contribution is 7.99. The van der Waals surface area contributed by atoms with Crippen LogP contribution in [0.2, 0.25) is 0 Å². The van der Waals surface area contributed by atoms with Crippen LogP contribution in [0.25, 0.3) is 0 Å². The van der Waals surface area contributed by atoms with Crippen molar-refractivity contribution < 1.29 is 4.74 Å². The van der Waals surface area contributed by atoms with Crippen LogP contribution in [0.3, 0.4) is 0 Å². The molecule has 2 rings (SSSR count). The van der Waals surface area contributed by atoms with Gasteiger partial charge in [-0.3, -0.25) is 0 Å². The van der Waals surface area contributed by atoms with E-state index in [2.05, 4.69) is 30.1 Å². The van der Waals surface area contributed by atoms with Gasteiger partial charge in [0.25, 0.3) is 0 Å². The number of ether oxygens (including phenoxy) is 1. The summed E-state index contributed by atoms with van der Waals surface area (Å²) in [6.07, 6.45) is 4.12. The summed E-state index contributed by atoms with van der Waals surface area (Å²) in [5, 5.41) is 3.47. The molecule has 0 atom stereocenters. The minimum Gasteiger partial charge on any atom is -0.493 e. The van der Waals surface area contributed by atoms with E-state index in [1.165, 1.54) is 11.1 Å². The SMILES string of the molecule is C=CCSCCNCCc1ccc2c(c1)CCO2. The zero-order chi connectivity index (χ0) is 12.6. The molecule has 0 amide bonds. The molecule has 1 heterocycles. The van der Waals surface area contributed by atoms with Crippen LogP contribution >= 0.6 is 11.8 Å². The van der Waals surface area contributed by atoms with Crippen molar-refractivity contribution in [2.75, 3.05) is 31.2 Å². The smallest absolute Gasteiger partial charge is 0.122 e. The third kappa shape index (κ3) is 4.07. The van der Waals surface area contributed by atoms with Crippen molar-refractivity contribution >= 4 is 11.8 Å². The second kappa shape index (κ2) is 7.49. The van der Waals surface area contributed by atoms with E-state index in [-0.39, 0.29) is 0 Å². The molecule has 98 valence electrons. The van der Waals surface area contributed by atoms with Gasteiger partial charge in [-0.2, -0.15) is 11.8 Å². The maximum Gasteiger partial charge on any atom is 0.122 e. The maximum absolute atomic E-state index is 5.51. The molecule has 0 fully saturated rings. The van der Waals surface area contributed by atoms with Gasteiger partial charge in [-0.1, -0.05) is 18.2 Å². The predicted octanol–water partition coefficient (Wildman–Crippen LogP) is 2.67. The number of fused-ring (bicyclic) bond motifs is 1. The van der Waals surface area contributed by atoms with Crippen LogP contribution in [-0.4, -0.2) is 31.2 Å². The van der Waals surface area contributed by atoms with Crippen LogP contribution < -0.4 is 10.1 Å². The predicted molar refractivity (Wildman–Crippen MR) is 79.7 cm³/mol. The summed E-state index contributed by atoms with van der Waals surface area (Å²) in [5.41, 5.74) is 2.78. The zero-order valence-electron chi connectivity index (χ0n) is 10.8. The van der Waals surface area contributed by atoms with Crippen LogP contribution in [0.4, 0.5) is 0 Å². The molecule has 0 saturated heterocycles. The molecule has 1 aliphatic heterocycles. The molecular formula is C15H21NOS. The van der Waals surface area contributed by atoms with Crippen molar-refractivity contribution in [2.24, 2.45) is 0 Å². The lowest BCUT2D eigenvalue weighted by Gasteiger charge is -2.06. The van der Waals surface area contributed by atoms with E-state index in [1.807, 2.05) is 17.8 Å². The van der Waals surface area contributed by atoms with Gasteiger partial charge in [0.15, 0.2) is 0 Å². The van der Waals surface area contributed by atoms with Gasteiger partial charge in [-0.15, -0.1) is 6.58 Å². The lowest BCUT2D eigenvalue weighted by Crippen LogP contribution is -2.20. The Labute approximate surface area is 114 Å². The standard InChI is InChI=1S/C15H21NOS/c1-2-10-18-11-8-16-7-5-13-3-4-15-14(12-13)6-9-17-15/h2-4,12,16H,1,5-11H2. The number of rotatable bonds is 8. The molecule has 0 spiro atoms. The Morgan fingerprint density at radius 3 is 3.22 bits per heavy atom. The molecule has 3 heteroatoms. The normalized spacial score (nSPS) is 13.1. The van der Waals surface area contributed by atoms with Gasteiger partial charge in [0.1, 0.15) is 5.75 Å². The minimum atomic E-state index is 0.845. The van der Waals surface area contributed by atoms with Gasteiger partial charge < -0.3 is 10.1 Å². The van der Waals surface area contributed by atoms with E-state index in [0.717, 1.165) is 49.8 Å². The van der Waals surface area contributed by atoms with E-state index in [9.17, 15) is 0 Å². The van der Waals surface area contributed by atoms with Crippen LogP contribution in [0.5, 0.6) is 5.75 Å². The van der Waals surface area contributed by atoms with Gasteiger partial charge >= 0.3 is 0 Å². The van der Waals surface area contributed by atoms with Gasteiger partial charge in [0, 0.05) is 24.5 Å². The zero-order valence-corrected chi connectivity index (χ0v) is 11.6. The second-order valence-electron chi connectivity index (χ2n) is 4.40. The summed E-state index contributed by atoms with van der Waals surface area (Å²) in [6.45, 7) is 6.68. The van der Waals surface area contributed by atoms with Gasteiger partial charge in [0.2, 0.25) is 0 Å². The molecule has 0 bridgehead atoms. The van der Waals surface area contributed by atoms with Gasteiger partial charge in [-0.05, 0) is 30.2 Å². The first-order chi connectivity index (χ1) is 8.90. The van der Waals surface area contributed by atoms with Crippen molar-refractivity contribution in [3.05, 3.63) is 42.0 Å². The van der Waals surface area contributed by atoms with Crippen LogP contribution in [-0.2, 0) is 12.8 Å². The van der Waals surface area contributed by atoms with Crippen molar-refractivity contribution in [3.8, 4) is 5.75 Å². The highest BCUT2D eigenvalue weighted by Gasteiger charge is 2.11. The molecule has 0 saturated carbocycles. The first kappa shape index (κ1) is 13.5. The molecule has 2 nitrogen and oxygen atoms in total. The largest absolute Gasteiger partial charge is 0.493 e. The first-order valence-corrected chi connectivity index (χ1v) is 7.69. The molecule has 0 radical (unpaired) electrons. The molecule has 0 aliphatic carbocycles. The summed E-state index contributed by atoms with van der Waals surface area (Å²) < 4.78 is 5.51. The highest BCUT2D eigenvalue weighted by atomic mass is 32.2. The number of benzene rings is 1. The maximum atomic E-state index is 5.51. The Hall–Kier alpha value is -0.930. The van der Waals surface area contributed by atoms with Crippen molar-refractivity contribution in [1.29, 1.82) is 0 Å². The number of hydrogen-bond acceptors (Lipinski definition) is 3.